The van der Waals surface area contributed by atoms with Gasteiger partial charge < -0.3 is 0 Å². The van der Waals surface area contributed by atoms with Crippen molar-refractivity contribution in [1.82, 2.24) is 9.55 Å². The maximum Gasteiger partial charge on any atom is 0.147 e. The molecular weight excluding hydrogens is 615 g/mol. The summed E-state index contributed by atoms with van der Waals surface area (Å²) in [6.07, 6.45) is 0. The molecule has 0 amide bonds. The Morgan fingerprint density at radius 1 is 0.646 bits per heavy atom. The van der Waals surface area contributed by atoms with E-state index in [0.717, 1.165) is 76.1 Å². The number of hydrogen-bond acceptors (Lipinski definition) is 2. The lowest BCUT2D eigenvalue weighted by molar-refractivity contribution is 0.587. The summed E-state index contributed by atoms with van der Waals surface area (Å²) in [6.45, 7) is 10.3. The summed E-state index contributed by atoms with van der Waals surface area (Å²) in [5.41, 5.74) is 9.87. The maximum absolute atomic E-state index is 15.1. The zero-order chi connectivity index (χ0) is 33.3. The first-order chi connectivity index (χ1) is 23.1. The minimum atomic E-state index is -0.302. The fourth-order valence-electron chi connectivity index (χ4n) is 6.96. The Balaban J connectivity index is 1.43. The van der Waals surface area contributed by atoms with E-state index in [1.165, 1.54) is 6.07 Å². The molecule has 0 fully saturated rings. The average Bonchev–Trinajstić information content (AvgIpc) is 3.64. The van der Waals surface area contributed by atoms with Gasteiger partial charge in [0, 0.05) is 37.4 Å². The van der Waals surface area contributed by atoms with Gasteiger partial charge in [0.25, 0.3) is 0 Å². The number of hydrogen-bond donors (Lipinski definition) is 0. The Bertz CT molecular complexity index is 2510. The molecule has 0 radical (unpaired) electrons. The molecule has 0 unspecified atom stereocenters. The number of aryl methyl sites for hydroxylation is 2. The van der Waals surface area contributed by atoms with Crippen LogP contribution in [-0.4, -0.2) is 9.55 Å². The maximum atomic E-state index is 15.1. The molecule has 6 aromatic carbocycles. The molecule has 2 nitrogen and oxygen atoms in total. The van der Waals surface area contributed by atoms with E-state index in [4.69, 9.17) is 4.98 Å². The van der Waals surface area contributed by atoms with Crippen LogP contribution in [0.4, 0.5) is 8.78 Å². The summed E-state index contributed by atoms with van der Waals surface area (Å²) < 4.78 is 34.0. The number of para-hydroxylation sites is 1. The summed E-state index contributed by atoms with van der Waals surface area (Å²) in [5, 5.41) is 2.30. The highest BCUT2D eigenvalue weighted by Crippen LogP contribution is 2.45. The third-order valence-corrected chi connectivity index (χ3v) is 10.5. The van der Waals surface area contributed by atoms with Gasteiger partial charge in [-0.3, -0.25) is 4.57 Å². The average molecular weight is 649 g/mol. The Morgan fingerprint density at radius 3 is 2.12 bits per heavy atom. The highest BCUT2D eigenvalue weighted by molar-refractivity contribution is 7.26. The van der Waals surface area contributed by atoms with Crippen molar-refractivity contribution in [2.75, 3.05) is 0 Å². The van der Waals surface area contributed by atoms with Gasteiger partial charge in [-0.1, -0.05) is 93.6 Å². The van der Waals surface area contributed by atoms with Crippen LogP contribution in [0.2, 0.25) is 0 Å². The lowest BCUT2D eigenvalue weighted by atomic mass is 9.83. The lowest BCUT2D eigenvalue weighted by Gasteiger charge is -2.27. The number of imidazole rings is 1. The van der Waals surface area contributed by atoms with Crippen molar-refractivity contribution in [3.63, 3.8) is 0 Å². The molecule has 236 valence electrons. The number of nitrogens with zero attached hydrogens (tertiary/aromatic N) is 2. The van der Waals surface area contributed by atoms with Gasteiger partial charge in [-0.15, -0.1) is 11.3 Å². The molecule has 0 aliphatic carbocycles. The molecule has 5 heteroatoms. The van der Waals surface area contributed by atoms with Crippen molar-refractivity contribution in [2.24, 2.45) is 0 Å². The topological polar surface area (TPSA) is 17.8 Å². The molecule has 2 heterocycles. The lowest BCUT2D eigenvalue weighted by Crippen LogP contribution is -2.16. The summed E-state index contributed by atoms with van der Waals surface area (Å²) in [4.78, 5) is 5.24. The van der Waals surface area contributed by atoms with E-state index in [1.54, 1.807) is 23.5 Å². The molecule has 48 heavy (non-hydrogen) atoms. The smallest absolute Gasteiger partial charge is 0.147 e. The molecule has 0 N–H and O–H groups in total. The third-order valence-electron chi connectivity index (χ3n) is 9.28. The summed E-state index contributed by atoms with van der Waals surface area (Å²) >= 11 is 1.73. The molecule has 0 bridgehead atoms. The first-order valence-electron chi connectivity index (χ1n) is 16.2. The number of halogens is 2. The van der Waals surface area contributed by atoms with Crippen LogP contribution in [0.1, 0.15) is 37.5 Å². The van der Waals surface area contributed by atoms with Crippen LogP contribution < -0.4 is 0 Å². The van der Waals surface area contributed by atoms with E-state index in [1.807, 2.05) is 32.0 Å². The minimum Gasteiger partial charge on any atom is -0.291 e. The largest absolute Gasteiger partial charge is 0.291 e. The Morgan fingerprint density at radius 2 is 1.38 bits per heavy atom. The van der Waals surface area contributed by atoms with E-state index in [-0.39, 0.29) is 17.0 Å². The van der Waals surface area contributed by atoms with Crippen LogP contribution in [0.25, 0.3) is 70.5 Å². The van der Waals surface area contributed by atoms with E-state index < -0.39 is 0 Å². The van der Waals surface area contributed by atoms with Gasteiger partial charge in [-0.2, -0.15) is 0 Å². The molecule has 0 spiro atoms. The van der Waals surface area contributed by atoms with Gasteiger partial charge in [0.05, 0.1) is 16.7 Å². The summed E-state index contributed by atoms with van der Waals surface area (Å²) in [5.74, 6) is 0.313. The first-order valence-corrected chi connectivity index (χ1v) is 17.0. The van der Waals surface area contributed by atoms with E-state index >= 15 is 4.39 Å². The van der Waals surface area contributed by atoms with Crippen molar-refractivity contribution in [3.05, 3.63) is 144 Å². The predicted molar refractivity (Wildman–Crippen MR) is 198 cm³/mol. The Labute approximate surface area is 283 Å². The van der Waals surface area contributed by atoms with Gasteiger partial charge in [0.15, 0.2) is 0 Å². The van der Waals surface area contributed by atoms with Crippen molar-refractivity contribution in [3.8, 4) is 39.3 Å². The van der Waals surface area contributed by atoms with Crippen LogP contribution >= 0.6 is 11.3 Å². The van der Waals surface area contributed by atoms with E-state index in [2.05, 4.69) is 104 Å². The van der Waals surface area contributed by atoms with Gasteiger partial charge in [0.1, 0.15) is 17.5 Å². The van der Waals surface area contributed by atoms with Crippen LogP contribution in [-0.2, 0) is 5.41 Å². The SMILES string of the molecule is Cc1cc(-c2ccc3c(c2)sc2c(-c4nc5ccc(F)cc5n4-c4c(-c5ccccc5)cccc4C(C)(C)C)cccc23)cc(C)c1F. The number of rotatable bonds is 4. The highest BCUT2D eigenvalue weighted by atomic mass is 32.1. The number of aromatic nitrogens is 2. The Hall–Kier alpha value is -5.13. The third kappa shape index (κ3) is 4.92. The second-order valence-electron chi connectivity index (χ2n) is 13.6. The van der Waals surface area contributed by atoms with Gasteiger partial charge in [-0.05, 0) is 89.0 Å². The summed E-state index contributed by atoms with van der Waals surface area (Å²) in [7, 11) is 0. The standard InChI is InChI=1S/C43H34F2N2S/c1-25-21-29(22-26(2)39(25)45)28-17-19-32-33-14-9-15-34(41(33)48-38(32)23-28)42-46-36-20-18-30(44)24-37(36)47(42)40-31(27-11-7-6-8-12-27)13-10-16-35(40)43(3,4)5/h6-24H,1-5H3. The van der Waals surface area contributed by atoms with Gasteiger partial charge in [0.2, 0.25) is 0 Å². The summed E-state index contributed by atoms with van der Waals surface area (Å²) in [6, 6.07) is 38.4. The Kier molecular flexibility index (Phi) is 7.08. The van der Waals surface area contributed by atoms with Gasteiger partial charge >= 0.3 is 0 Å². The van der Waals surface area contributed by atoms with E-state index in [0.29, 0.717) is 11.1 Å². The van der Waals surface area contributed by atoms with Gasteiger partial charge in [-0.25, -0.2) is 13.8 Å². The molecule has 0 aliphatic heterocycles. The molecule has 0 atom stereocenters. The number of fused-ring (bicyclic) bond motifs is 4. The molecule has 8 rings (SSSR count). The first kappa shape index (κ1) is 30.2. The molecular formula is C43H34F2N2S. The fraction of sp³-hybridized carbons (Fsp3) is 0.140. The van der Waals surface area contributed by atoms with Crippen LogP contribution in [0.15, 0.2) is 115 Å². The van der Waals surface area contributed by atoms with E-state index in [9.17, 15) is 4.39 Å². The number of thiophene rings is 1. The molecule has 8 aromatic rings. The minimum absolute atomic E-state index is 0.155. The molecule has 2 aromatic heterocycles. The fourth-order valence-corrected chi connectivity index (χ4v) is 8.21. The van der Waals surface area contributed by atoms with Crippen molar-refractivity contribution < 1.29 is 8.78 Å². The second-order valence-corrected chi connectivity index (χ2v) is 14.7. The zero-order valence-electron chi connectivity index (χ0n) is 27.5. The number of benzene rings is 6. The second kappa shape index (κ2) is 11.2. The van der Waals surface area contributed by atoms with Crippen molar-refractivity contribution in [2.45, 2.75) is 40.0 Å². The monoisotopic (exact) mass is 648 g/mol. The normalized spacial score (nSPS) is 12.1. The predicted octanol–water partition coefficient (Wildman–Crippen LogP) is 12.6. The highest BCUT2D eigenvalue weighted by Gasteiger charge is 2.27. The van der Waals surface area contributed by atoms with Crippen LogP contribution in [0.3, 0.4) is 0 Å². The molecule has 0 saturated carbocycles. The van der Waals surface area contributed by atoms with Crippen molar-refractivity contribution >= 4 is 42.5 Å². The molecule has 0 saturated heterocycles. The van der Waals surface area contributed by atoms with Crippen LogP contribution in [0, 0.1) is 25.5 Å². The zero-order valence-corrected chi connectivity index (χ0v) is 28.3. The quantitative estimate of drug-likeness (QED) is 0.186. The molecule has 0 aliphatic rings. The van der Waals surface area contributed by atoms with Crippen molar-refractivity contribution in [1.29, 1.82) is 0 Å². The van der Waals surface area contributed by atoms with Crippen LogP contribution in [0.5, 0.6) is 0 Å².